The average molecular weight is 303 g/mol. The van der Waals surface area contributed by atoms with Crippen molar-refractivity contribution in [2.75, 3.05) is 5.73 Å². The molecule has 2 nitrogen and oxygen atoms in total. The molecule has 0 saturated carbocycles. The zero-order valence-electron chi connectivity index (χ0n) is 9.29. The van der Waals surface area contributed by atoms with Gasteiger partial charge in [-0.1, -0.05) is 34.8 Å². The van der Waals surface area contributed by atoms with Crippen molar-refractivity contribution < 1.29 is 4.74 Å². The molecule has 0 heterocycles. The van der Waals surface area contributed by atoms with Gasteiger partial charge in [-0.2, -0.15) is 0 Å². The van der Waals surface area contributed by atoms with E-state index >= 15 is 0 Å². The molecule has 2 aromatic rings. The Bertz CT molecular complexity index is 521. The van der Waals surface area contributed by atoms with Gasteiger partial charge in [0.1, 0.15) is 12.4 Å². The number of nitrogens with two attached hydrogens (primary N) is 1. The number of halogens is 3. The van der Waals surface area contributed by atoms with E-state index in [0.717, 1.165) is 5.56 Å². The first-order chi connectivity index (χ1) is 8.56. The van der Waals surface area contributed by atoms with E-state index in [0.29, 0.717) is 26.5 Å². The van der Waals surface area contributed by atoms with E-state index in [9.17, 15) is 0 Å². The molecule has 2 aromatic carbocycles. The predicted octanol–water partition coefficient (Wildman–Crippen LogP) is 4.81. The molecule has 0 aromatic heterocycles. The lowest BCUT2D eigenvalue weighted by molar-refractivity contribution is 0.307. The summed E-state index contributed by atoms with van der Waals surface area (Å²) in [4.78, 5) is 0. The lowest BCUT2D eigenvalue weighted by atomic mass is 10.2. The minimum absolute atomic E-state index is 0.284. The van der Waals surface area contributed by atoms with Gasteiger partial charge in [-0.15, -0.1) is 0 Å². The smallest absolute Gasteiger partial charge is 0.139 e. The SMILES string of the molecule is Nc1ccc(Cl)cc1COc1cc(Cl)ccc1Cl. The predicted molar refractivity (Wildman–Crippen MR) is 76.7 cm³/mol. The second-order valence-corrected chi connectivity index (χ2v) is 4.99. The Morgan fingerprint density at radius 3 is 2.39 bits per heavy atom. The highest BCUT2D eigenvalue weighted by Gasteiger charge is 2.05. The molecule has 5 heteroatoms. The fraction of sp³-hybridized carbons (Fsp3) is 0.0769. The minimum atomic E-state index is 0.284. The number of hydrogen-bond donors (Lipinski definition) is 1. The van der Waals surface area contributed by atoms with Crippen molar-refractivity contribution in [3.05, 3.63) is 57.0 Å². The summed E-state index contributed by atoms with van der Waals surface area (Å²) in [5.41, 5.74) is 7.25. The second kappa shape index (κ2) is 5.70. The molecule has 94 valence electrons. The molecule has 0 aliphatic heterocycles. The van der Waals surface area contributed by atoms with Crippen LogP contribution in [-0.2, 0) is 6.61 Å². The summed E-state index contributed by atoms with van der Waals surface area (Å²) in [5, 5.41) is 1.67. The van der Waals surface area contributed by atoms with E-state index in [1.165, 1.54) is 0 Å². The van der Waals surface area contributed by atoms with Gasteiger partial charge in [0.05, 0.1) is 5.02 Å². The highest BCUT2D eigenvalue weighted by atomic mass is 35.5. The zero-order valence-corrected chi connectivity index (χ0v) is 11.6. The number of hydrogen-bond acceptors (Lipinski definition) is 2. The zero-order chi connectivity index (χ0) is 13.1. The Hall–Kier alpha value is -1.09. The van der Waals surface area contributed by atoms with Crippen LogP contribution in [0.25, 0.3) is 0 Å². The maximum absolute atomic E-state index is 5.99. The van der Waals surface area contributed by atoms with Gasteiger partial charge in [-0.25, -0.2) is 0 Å². The number of nitrogen functional groups attached to an aromatic ring is 1. The lowest BCUT2D eigenvalue weighted by Crippen LogP contribution is -2.00. The van der Waals surface area contributed by atoms with Gasteiger partial charge in [-0.3, -0.25) is 0 Å². The number of ether oxygens (including phenoxy) is 1. The maximum Gasteiger partial charge on any atom is 0.139 e. The first kappa shape index (κ1) is 13.3. The Labute approximate surface area is 120 Å². The van der Waals surface area contributed by atoms with Crippen LogP contribution in [0.2, 0.25) is 15.1 Å². The Morgan fingerprint density at radius 1 is 0.944 bits per heavy atom. The fourth-order valence-corrected chi connectivity index (χ4v) is 1.97. The van der Waals surface area contributed by atoms with E-state index in [-0.39, 0.29) is 6.61 Å². The fourth-order valence-electron chi connectivity index (χ4n) is 1.44. The van der Waals surface area contributed by atoms with Crippen LogP contribution in [-0.4, -0.2) is 0 Å². The normalized spacial score (nSPS) is 10.4. The van der Waals surface area contributed by atoms with Crippen molar-refractivity contribution in [2.24, 2.45) is 0 Å². The van der Waals surface area contributed by atoms with Gasteiger partial charge in [0.25, 0.3) is 0 Å². The van der Waals surface area contributed by atoms with Crippen molar-refractivity contribution in [3.8, 4) is 5.75 Å². The van der Waals surface area contributed by atoms with Crippen molar-refractivity contribution in [1.29, 1.82) is 0 Å². The third-order valence-corrected chi connectivity index (χ3v) is 3.16. The van der Waals surface area contributed by atoms with Crippen LogP contribution in [0.3, 0.4) is 0 Å². The third kappa shape index (κ3) is 3.22. The van der Waals surface area contributed by atoms with Crippen LogP contribution in [0, 0.1) is 0 Å². The van der Waals surface area contributed by atoms with Gasteiger partial charge >= 0.3 is 0 Å². The summed E-state index contributed by atoms with van der Waals surface area (Å²) in [7, 11) is 0. The molecule has 0 aliphatic carbocycles. The van der Waals surface area contributed by atoms with Crippen molar-refractivity contribution >= 4 is 40.5 Å². The van der Waals surface area contributed by atoms with E-state index < -0.39 is 0 Å². The van der Waals surface area contributed by atoms with E-state index in [1.807, 2.05) is 0 Å². The molecule has 0 unspecified atom stereocenters. The summed E-state index contributed by atoms with van der Waals surface area (Å²) in [6, 6.07) is 10.3. The van der Waals surface area contributed by atoms with Gasteiger partial charge in [0.15, 0.2) is 0 Å². The topological polar surface area (TPSA) is 35.2 Å². The molecule has 2 rings (SSSR count). The summed E-state index contributed by atoms with van der Waals surface area (Å²) in [6.45, 7) is 0.284. The molecule has 0 aliphatic rings. The molecule has 0 fully saturated rings. The monoisotopic (exact) mass is 301 g/mol. The summed E-state index contributed by atoms with van der Waals surface area (Å²) < 4.78 is 5.58. The molecular weight excluding hydrogens is 293 g/mol. The van der Waals surface area contributed by atoms with Crippen LogP contribution in [0.1, 0.15) is 5.56 Å². The molecule has 0 bridgehead atoms. The maximum atomic E-state index is 5.99. The third-order valence-electron chi connectivity index (χ3n) is 2.38. The number of benzene rings is 2. The molecule has 18 heavy (non-hydrogen) atoms. The standard InChI is InChI=1S/C13H10Cl3NO/c14-9-2-4-12(17)8(5-9)7-18-13-6-10(15)1-3-11(13)16/h1-6H,7,17H2. The second-order valence-electron chi connectivity index (χ2n) is 3.71. The van der Waals surface area contributed by atoms with Crippen LogP contribution in [0.5, 0.6) is 5.75 Å². The van der Waals surface area contributed by atoms with Gasteiger partial charge < -0.3 is 10.5 Å². The van der Waals surface area contributed by atoms with Gasteiger partial charge in [0.2, 0.25) is 0 Å². The molecule has 0 radical (unpaired) electrons. The van der Waals surface area contributed by atoms with Crippen LogP contribution in [0.4, 0.5) is 5.69 Å². The summed E-state index contributed by atoms with van der Waals surface area (Å²) >= 11 is 17.8. The molecule has 2 N–H and O–H groups in total. The van der Waals surface area contributed by atoms with Gasteiger partial charge in [-0.05, 0) is 30.3 Å². The lowest BCUT2D eigenvalue weighted by Gasteiger charge is -2.10. The Kier molecular flexibility index (Phi) is 4.23. The average Bonchev–Trinajstić information content (AvgIpc) is 2.34. The molecule has 0 spiro atoms. The van der Waals surface area contributed by atoms with E-state index in [1.54, 1.807) is 36.4 Å². The number of anilines is 1. The summed E-state index contributed by atoms with van der Waals surface area (Å²) in [5.74, 6) is 0.517. The van der Waals surface area contributed by atoms with Crippen molar-refractivity contribution in [2.45, 2.75) is 6.61 Å². The largest absolute Gasteiger partial charge is 0.487 e. The molecule has 0 amide bonds. The van der Waals surface area contributed by atoms with E-state index in [4.69, 9.17) is 45.3 Å². The quantitative estimate of drug-likeness (QED) is 0.826. The highest BCUT2D eigenvalue weighted by molar-refractivity contribution is 6.34. The van der Waals surface area contributed by atoms with Crippen molar-refractivity contribution in [1.82, 2.24) is 0 Å². The highest BCUT2D eigenvalue weighted by Crippen LogP contribution is 2.29. The minimum Gasteiger partial charge on any atom is -0.487 e. The number of rotatable bonds is 3. The Balaban J connectivity index is 2.16. The van der Waals surface area contributed by atoms with Crippen LogP contribution >= 0.6 is 34.8 Å². The first-order valence-corrected chi connectivity index (χ1v) is 6.31. The first-order valence-electron chi connectivity index (χ1n) is 5.18. The van der Waals surface area contributed by atoms with Gasteiger partial charge in [0, 0.05) is 27.4 Å². The molecule has 0 saturated heterocycles. The van der Waals surface area contributed by atoms with Crippen LogP contribution < -0.4 is 10.5 Å². The molecular formula is C13H10Cl3NO. The van der Waals surface area contributed by atoms with E-state index in [2.05, 4.69) is 0 Å². The Morgan fingerprint density at radius 2 is 1.61 bits per heavy atom. The molecule has 0 atom stereocenters. The van der Waals surface area contributed by atoms with Crippen LogP contribution in [0.15, 0.2) is 36.4 Å². The summed E-state index contributed by atoms with van der Waals surface area (Å²) in [6.07, 6.45) is 0. The van der Waals surface area contributed by atoms with Crippen molar-refractivity contribution in [3.63, 3.8) is 0 Å².